The van der Waals surface area contributed by atoms with Crippen molar-refractivity contribution in [2.75, 3.05) is 0 Å². The molecular formula is C8H4F5O2S-. The van der Waals surface area contributed by atoms with Gasteiger partial charge in [0.2, 0.25) is 0 Å². The second-order valence-corrected chi connectivity index (χ2v) is 3.77. The monoisotopic (exact) mass is 259 g/mol. The van der Waals surface area contributed by atoms with Gasteiger partial charge >= 0.3 is 12.1 Å². The average Bonchev–Trinajstić information content (AvgIpc) is 2.16. The van der Waals surface area contributed by atoms with Crippen LogP contribution in [-0.4, -0.2) is 14.9 Å². The Labute approximate surface area is 89.4 Å². The van der Waals surface area contributed by atoms with Crippen molar-refractivity contribution in [1.82, 2.24) is 0 Å². The van der Waals surface area contributed by atoms with Gasteiger partial charge in [-0.15, -0.1) is 0 Å². The van der Waals surface area contributed by atoms with E-state index in [0.29, 0.717) is 24.3 Å². The van der Waals surface area contributed by atoms with E-state index >= 15 is 0 Å². The molecule has 8 heteroatoms. The summed E-state index contributed by atoms with van der Waals surface area (Å²) in [6.45, 7) is 0. The molecule has 0 N–H and O–H groups in total. The Morgan fingerprint density at radius 1 is 1.00 bits per heavy atom. The van der Waals surface area contributed by atoms with E-state index in [1.165, 1.54) is 0 Å². The molecule has 16 heavy (non-hydrogen) atoms. The molecule has 0 aliphatic rings. The molecule has 0 bridgehead atoms. The molecule has 0 saturated carbocycles. The highest BCUT2D eigenvalue weighted by Crippen LogP contribution is 2.43. The van der Waals surface area contributed by atoms with Crippen molar-refractivity contribution >= 4 is 11.1 Å². The van der Waals surface area contributed by atoms with Gasteiger partial charge in [0.15, 0.2) is 0 Å². The standard InChI is InChI=1S/C8H5F5O2S/c9-7(10,8(11,12)13)5-1-3-6(4-2-5)16(14)15/h1-4H,(H,14,15)/p-1. The first-order valence-corrected chi connectivity index (χ1v) is 4.88. The van der Waals surface area contributed by atoms with Crippen LogP contribution >= 0.6 is 0 Å². The molecule has 0 radical (unpaired) electrons. The van der Waals surface area contributed by atoms with Crippen LogP contribution in [0.15, 0.2) is 29.2 Å². The summed E-state index contributed by atoms with van der Waals surface area (Å²) in [7, 11) is 0. The van der Waals surface area contributed by atoms with Crippen LogP contribution in [0.25, 0.3) is 0 Å². The number of benzene rings is 1. The summed E-state index contributed by atoms with van der Waals surface area (Å²) in [6, 6.07) is 2.22. The topological polar surface area (TPSA) is 40.1 Å². The van der Waals surface area contributed by atoms with Crippen LogP contribution in [-0.2, 0) is 17.0 Å². The second-order valence-electron chi connectivity index (χ2n) is 2.83. The molecule has 0 heterocycles. The predicted molar refractivity (Wildman–Crippen MR) is 43.6 cm³/mol. The fourth-order valence-corrected chi connectivity index (χ4v) is 1.30. The summed E-state index contributed by atoms with van der Waals surface area (Å²) in [5.74, 6) is -4.99. The molecule has 0 aliphatic carbocycles. The third kappa shape index (κ3) is 2.38. The number of hydrogen-bond donors (Lipinski definition) is 0. The lowest BCUT2D eigenvalue weighted by Gasteiger charge is -2.20. The van der Waals surface area contributed by atoms with Gasteiger partial charge < -0.3 is 4.55 Å². The quantitative estimate of drug-likeness (QED) is 0.605. The zero-order valence-electron chi connectivity index (χ0n) is 7.42. The van der Waals surface area contributed by atoms with Gasteiger partial charge in [-0.1, -0.05) is 12.1 Å². The van der Waals surface area contributed by atoms with Crippen molar-refractivity contribution in [2.24, 2.45) is 0 Å². The zero-order chi connectivity index (χ0) is 12.6. The first-order chi connectivity index (χ1) is 7.16. The largest absolute Gasteiger partial charge is 0.768 e. The van der Waals surface area contributed by atoms with E-state index in [4.69, 9.17) is 0 Å². The van der Waals surface area contributed by atoms with Crippen molar-refractivity contribution in [1.29, 1.82) is 0 Å². The molecule has 1 rings (SSSR count). The first-order valence-electron chi connectivity index (χ1n) is 3.80. The summed E-state index contributed by atoms with van der Waals surface area (Å²) in [5.41, 5.74) is -1.30. The Kier molecular flexibility index (Phi) is 3.34. The van der Waals surface area contributed by atoms with E-state index in [9.17, 15) is 30.7 Å². The molecule has 0 saturated heterocycles. The van der Waals surface area contributed by atoms with E-state index in [0.717, 1.165) is 0 Å². The molecule has 2 nitrogen and oxygen atoms in total. The lowest BCUT2D eigenvalue weighted by atomic mass is 10.1. The fraction of sp³-hybridized carbons (Fsp3) is 0.250. The maximum Gasteiger partial charge on any atom is 0.458 e. The Bertz CT molecular complexity index is 398. The summed E-state index contributed by atoms with van der Waals surface area (Å²) in [6.07, 6.45) is -5.70. The van der Waals surface area contributed by atoms with E-state index in [1.807, 2.05) is 0 Å². The fourth-order valence-electron chi connectivity index (χ4n) is 0.939. The van der Waals surface area contributed by atoms with E-state index in [-0.39, 0.29) is 4.90 Å². The minimum Gasteiger partial charge on any atom is -0.768 e. The number of halogens is 5. The third-order valence-corrected chi connectivity index (χ3v) is 2.42. The van der Waals surface area contributed by atoms with Gasteiger partial charge in [-0.3, -0.25) is 4.21 Å². The van der Waals surface area contributed by atoms with Crippen LogP contribution in [0.2, 0.25) is 0 Å². The van der Waals surface area contributed by atoms with E-state index < -0.39 is 28.7 Å². The molecule has 0 spiro atoms. The zero-order valence-corrected chi connectivity index (χ0v) is 8.24. The van der Waals surface area contributed by atoms with Gasteiger partial charge in [0.1, 0.15) is 0 Å². The Morgan fingerprint density at radius 2 is 1.44 bits per heavy atom. The highest BCUT2D eigenvalue weighted by molar-refractivity contribution is 7.79. The summed E-state index contributed by atoms with van der Waals surface area (Å²) in [4.78, 5) is -0.360. The van der Waals surface area contributed by atoms with Crippen LogP contribution in [0.5, 0.6) is 0 Å². The maximum absolute atomic E-state index is 12.7. The van der Waals surface area contributed by atoms with Crippen molar-refractivity contribution in [2.45, 2.75) is 17.0 Å². The van der Waals surface area contributed by atoms with Gasteiger partial charge in [-0.05, 0) is 23.2 Å². The van der Waals surface area contributed by atoms with E-state index in [1.54, 1.807) is 0 Å². The van der Waals surface area contributed by atoms with Crippen molar-refractivity contribution in [3.63, 3.8) is 0 Å². The molecule has 0 aromatic heterocycles. The lowest BCUT2D eigenvalue weighted by Crippen LogP contribution is -2.33. The van der Waals surface area contributed by atoms with Crippen LogP contribution < -0.4 is 0 Å². The number of hydrogen-bond acceptors (Lipinski definition) is 2. The smallest absolute Gasteiger partial charge is 0.458 e. The van der Waals surface area contributed by atoms with Crippen molar-refractivity contribution < 1.29 is 30.7 Å². The number of alkyl halides is 5. The Hall–Kier alpha value is -1.02. The highest BCUT2D eigenvalue weighted by Gasteiger charge is 2.58. The highest BCUT2D eigenvalue weighted by atomic mass is 32.2. The minimum atomic E-state index is -5.70. The van der Waals surface area contributed by atoms with Crippen LogP contribution in [0.4, 0.5) is 22.0 Å². The predicted octanol–water partition coefficient (Wildman–Crippen LogP) is 2.58. The summed E-state index contributed by atoms with van der Waals surface area (Å²) in [5, 5.41) is 0. The summed E-state index contributed by atoms with van der Waals surface area (Å²) >= 11 is -2.66. The lowest BCUT2D eigenvalue weighted by molar-refractivity contribution is -0.289. The molecule has 90 valence electrons. The molecule has 1 aromatic rings. The van der Waals surface area contributed by atoms with Crippen LogP contribution in [0, 0.1) is 0 Å². The van der Waals surface area contributed by atoms with Gasteiger partial charge in [-0.2, -0.15) is 22.0 Å². The molecule has 0 fully saturated rings. The molecule has 0 amide bonds. The van der Waals surface area contributed by atoms with Gasteiger partial charge in [0.05, 0.1) is 0 Å². The van der Waals surface area contributed by atoms with Gasteiger partial charge in [0.25, 0.3) is 0 Å². The Morgan fingerprint density at radius 3 is 1.75 bits per heavy atom. The van der Waals surface area contributed by atoms with Crippen molar-refractivity contribution in [3.8, 4) is 0 Å². The SMILES string of the molecule is O=S([O-])c1ccc(C(F)(F)C(F)(F)F)cc1. The third-order valence-electron chi connectivity index (χ3n) is 1.77. The summed E-state index contributed by atoms with van der Waals surface area (Å²) < 4.78 is 81.9. The molecule has 1 atom stereocenters. The minimum absolute atomic E-state index is 0.360. The van der Waals surface area contributed by atoms with Crippen LogP contribution in [0.3, 0.4) is 0 Å². The number of rotatable bonds is 2. The van der Waals surface area contributed by atoms with Crippen molar-refractivity contribution in [3.05, 3.63) is 29.8 Å². The molecule has 1 unspecified atom stereocenters. The van der Waals surface area contributed by atoms with Crippen LogP contribution in [0.1, 0.15) is 5.56 Å². The normalized spacial score (nSPS) is 14.9. The molecule has 1 aromatic carbocycles. The average molecular weight is 259 g/mol. The first kappa shape index (κ1) is 13.0. The second kappa shape index (κ2) is 4.10. The maximum atomic E-state index is 12.7. The molecular weight excluding hydrogens is 255 g/mol. The van der Waals surface area contributed by atoms with Gasteiger partial charge in [0, 0.05) is 10.5 Å². The Balaban J connectivity index is 3.11. The van der Waals surface area contributed by atoms with E-state index in [2.05, 4.69) is 0 Å². The van der Waals surface area contributed by atoms with Gasteiger partial charge in [-0.25, -0.2) is 0 Å². The molecule has 0 aliphatic heterocycles.